The second-order valence-corrected chi connectivity index (χ2v) is 17.6. The molecular weight excluding hydrogens is 659 g/mol. The second-order valence-electron chi connectivity index (χ2n) is 16.6. The van der Waals surface area contributed by atoms with Gasteiger partial charge >= 0.3 is 0 Å². The third-order valence-electron chi connectivity index (χ3n) is 14.1. The molecule has 12 rings (SSSR count). The van der Waals surface area contributed by atoms with Crippen LogP contribution < -0.4 is 4.90 Å². The molecule has 1 nitrogen and oxygen atoms in total. The Balaban J connectivity index is 1.05. The van der Waals surface area contributed by atoms with Gasteiger partial charge in [0.15, 0.2) is 0 Å². The molecule has 2 heteroatoms. The average Bonchev–Trinajstić information content (AvgIpc) is 3.61. The van der Waals surface area contributed by atoms with Gasteiger partial charge in [-0.3, -0.25) is 0 Å². The minimum absolute atomic E-state index is 0.194. The standard InChI is InChI=1S/C51H45NS/c1-33-39-28-34-29-40(31-39)51(47(33)30-34)27-26-41(14-8-13-37-11-3-6-17-46(37)51)52(48-18-9-12-36-10-2-4-15-43(36)48)42-23-20-35(21-24-42)38-22-25-50-45(32-38)44-16-5-7-19-49(44)53-50/h2-12,14-26,32-34,39-40,47H,13,27-31H2,1H3/b14-8-,41-26+/t33-,34?,39?,40?,47?,51?/m0/s1. The number of anilines is 2. The largest absolute Gasteiger partial charge is 0.310 e. The van der Waals surface area contributed by atoms with Crippen LogP contribution in [0.1, 0.15) is 50.2 Å². The summed E-state index contributed by atoms with van der Waals surface area (Å²) in [7, 11) is 0. The summed E-state index contributed by atoms with van der Waals surface area (Å²) in [6.07, 6.45) is 15.3. The summed E-state index contributed by atoms with van der Waals surface area (Å²) in [6.45, 7) is 2.61. The maximum absolute atomic E-state index is 2.65. The van der Waals surface area contributed by atoms with Gasteiger partial charge in [0, 0.05) is 42.4 Å². The van der Waals surface area contributed by atoms with Gasteiger partial charge in [-0.1, -0.05) is 116 Å². The van der Waals surface area contributed by atoms with Gasteiger partial charge in [-0.2, -0.15) is 0 Å². The smallest absolute Gasteiger partial charge is 0.0539 e. The molecule has 7 aromatic rings. The fraction of sp³-hybridized carbons (Fsp3) is 0.255. The van der Waals surface area contributed by atoms with E-state index in [0.29, 0.717) is 0 Å². The van der Waals surface area contributed by atoms with E-state index in [0.717, 1.165) is 42.4 Å². The molecule has 1 spiro atoms. The normalized spacial score (nSPS) is 27.6. The highest BCUT2D eigenvalue weighted by molar-refractivity contribution is 7.25. The number of fused-ring (bicyclic) bond motifs is 5. The SMILES string of the molecule is C[C@H]1C2CC3CC(C2)C2(C/C=C(N(c4ccc(-c5ccc6sc7ccccc7c6c5)cc4)c4cccc5ccccc45)\C=C/Cc4ccccc42)C1C3. The summed E-state index contributed by atoms with van der Waals surface area (Å²) in [5.74, 6) is 4.14. The van der Waals surface area contributed by atoms with E-state index in [4.69, 9.17) is 0 Å². The molecule has 0 amide bonds. The molecule has 260 valence electrons. The molecule has 1 aromatic heterocycles. The summed E-state index contributed by atoms with van der Waals surface area (Å²) >= 11 is 1.88. The summed E-state index contributed by atoms with van der Waals surface area (Å²) < 4.78 is 2.70. The van der Waals surface area contributed by atoms with Crippen LogP contribution in [-0.2, 0) is 11.8 Å². The third kappa shape index (κ3) is 4.95. The van der Waals surface area contributed by atoms with Crippen LogP contribution in [0, 0.1) is 29.6 Å². The number of hydrogen-bond acceptors (Lipinski definition) is 2. The highest BCUT2D eigenvalue weighted by Gasteiger charge is 2.60. The van der Waals surface area contributed by atoms with E-state index in [1.54, 1.807) is 5.56 Å². The summed E-state index contributed by atoms with van der Waals surface area (Å²) in [5.41, 5.74) is 9.62. The minimum atomic E-state index is 0.194. The Kier molecular flexibility index (Phi) is 7.34. The molecule has 6 aromatic carbocycles. The Labute approximate surface area is 317 Å². The minimum Gasteiger partial charge on any atom is -0.310 e. The van der Waals surface area contributed by atoms with Crippen molar-refractivity contribution < 1.29 is 0 Å². The first-order chi connectivity index (χ1) is 26.1. The van der Waals surface area contributed by atoms with E-state index in [-0.39, 0.29) is 5.41 Å². The van der Waals surface area contributed by atoms with Gasteiger partial charge in [0.1, 0.15) is 0 Å². The van der Waals surface area contributed by atoms with Crippen LogP contribution in [0.15, 0.2) is 157 Å². The lowest BCUT2D eigenvalue weighted by Gasteiger charge is -2.64. The van der Waals surface area contributed by atoms with Gasteiger partial charge in [-0.05, 0) is 138 Å². The van der Waals surface area contributed by atoms with Gasteiger partial charge in [0.05, 0.1) is 5.69 Å². The van der Waals surface area contributed by atoms with Gasteiger partial charge in [0.2, 0.25) is 0 Å². The van der Waals surface area contributed by atoms with Crippen LogP contribution >= 0.6 is 11.3 Å². The summed E-state index contributed by atoms with van der Waals surface area (Å²) in [4.78, 5) is 2.56. The van der Waals surface area contributed by atoms with Crippen LogP contribution in [0.3, 0.4) is 0 Å². The molecule has 5 unspecified atom stereocenters. The maximum atomic E-state index is 2.65. The molecule has 5 aliphatic carbocycles. The fourth-order valence-electron chi connectivity index (χ4n) is 11.8. The monoisotopic (exact) mass is 703 g/mol. The van der Waals surface area contributed by atoms with Crippen molar-refractivity contribution in [2.45, 2.75) is 50.9 Å². The van der Waals surface area contributed by atoms with Crippen molar-refractivity contribution >= 4 is 53.7 Å². The van der Waals surface area contributed by atoms with Crippen LogP contribution in [0.25, 0.3) is 42.1 Å². The predicted octanol–water partition coefficient (Wildman–Crippen LogP) is 14.0. The Morgan fingerprint density at radius 1 is 0.660 bits per heavy atom. The molecular formula is C51H45NS. The van der Waals surface area contributed by atoms with Crippen LogP contribution in [0.2, 0.25) is 0 Å². The topological polar surface area (TPSA) is 3.24 Å². The zero-order valence-electron chi connectivity index (χ0n) is 30.4. The molecule has 4 bridgehead atoms. The van der Waals surface area contributed by atoms with Crippen LogP contribution in [0.5, 0.6) is 0 Å². The van der Waals surface area contributed by atoms with Gasteiger partial charge in [-0.15, -0.1) is 11.3 Å². The van der Waals surface area contributed by atoms with E-state index >= 15 is 0 Å². The molecule has 0 saturated heterocycles. The first kappa shape index (κ1) is 31.6. The predicted molar refractivity (Wildman–Crippen MR) is 226 cm³/mol. The molecule has 1 heterocycles. The van der Waals surface area contributed by atoms with Crippen LogP contribution in [-0.4, -0.2) is 0 Å². The van der Waals surface area contributed by atoms with Gasteiger partial charge in [-0.25, -0.2) is 0 Å². The van der Waals surface area contributed by atoms with E-state index in [1.165, 1.54) is 90.4 Å². The number of benzene rings is 6. The molecule has 0 aliphatic heterocycles. The number of thiophene rings is 1. The number of rotatable bonds is 4. The van der Waals surface area contributed by atoms with E-state index in [2.05, 4.69) is 164 Å². The van der Waals surface area contributed by atoms with Crippen molar-refractivity contribution in [1.29, 1.82) is 0 Å². The van der Waals surface area contributed by atoms with Gasteiger partial charge < -0.3 is 4.90 Å². The molecule has 4 saturated carbocycles. The number of hydrogen-bond donors (Lipinski definition) is 0. The average molecular weight is 704 g/mol. The summed E-state index contributed by atoms with van der Waals surface area (Å²) in [5, 5.41) is 5.25. The van der Waals surface area contributed by atoms with Crippen molar-refractivity contribution in [1.82, 2.24) is 0 Å². The zero-order chi connectivity index (χ0) is 35.1. The van der Waals surface area contributed by atoms with Crippen molar-refractivity contribution in [3.63, 3.8) is 0 Å². The Bertz CT molecular complexity index is 2580. The second kappa shape index (κ2) is 12.3. The van der Waals surface area contributed by atoms with E-state index in [9.17, 15) is 0 Å². The van der Waals surface area contributed by atoms with Crippen molar-refractivity contribution in [3.05, 3.63) is 169 Å². The molecule has 0 radical (unpaired) electrons. The van der Waals surface area contributed by atoms with E-state index in [1.807, 2.05) is 11.3 Å². The number of allylic oxidation sites excluding steroid dienone is 3. The van der Waals surface area contributed by atoms with Crippen molar-refractivity contribution in [3.8, 4) is 11.1 Å². The lowest BCUT2D eigenvalue weighted by Crippen LogP contribution is -2.59. The Morgan fingerprint density at radius 3 is 2.36 bits per heavy atom. The highest BCUT2D eigenvalue weighted by atomic mass is 32.1. The maximum Gasteiger partial charge on any atom is 0.0539 e. The molecule has 5 aliphatic rings. The third-order valence-corrected chi connectivity index (χ3v) is 15.2. The zero-order valence-corrected chi connectivity index (χ0v) is 31.2. The van der Waals surface area contributed by atoms with Crippen molar-refractivity contribution in [2.24, 2.45) is 29.6 Å². The molecule has 0 N–H and O–H groups in total. The van der Waals surface area contributed by atoms with E-state index < -0.39 is 0 Å². The first-order valence-electron chi connectivity index (χ1n) is 19.9. The van der Waals surface area contributed by atoms with Crippen molar-refractivity contribution in [2.75, 3.05) is 4.90 Å². The Morgan fingerprint density at radius 2 is 1.43 bits per heavy atom. The lowest BCUT2D eigenvalue weighted by molar-refractivity contribution is -0.0995. The fourth-order valence-corrected chi connectivity index (χ4v) is 12.9. The molecule has 53 heavy (non-hydrogen) atoms. The lowest BCUT2D eigenvalue weighted by atomic mass is 9.40. The summed E-state index contributed by atoms with van der Waals surface area (Å²) in [6, 6.07) is 50.4. The Hall–Kier alpha value is -4.92. The van der Waals surface area contributed by atoms with Crippen LogP contribution in [0.4, 0.5) is 11.4 Å². The quantitative estimate of drug-likeness (QED) is 0.176. The molecule has 4 fully saturated rings. The van der Waals surface area contributed by atoms with Gasteiger partial charge in [0.25, 0.3) is 0 Å². The first-order valence-corrected chi connectivity index (χ1v) is 20.7. The highest BCUT2D eigenvalue weighted by Crippen LogP contribution is 2.66. The number of nitrogens with zero attached hydrogens (tertiary/aromatic N) is 1. The molecule has 6 atom stereocenters.